The van der Waals surface area contributed by atoms with Crippen LogP contribution in [0.4, 0.5) is 43.9 Å². The first-order valence-corrected chi connectivity index (χ1v) is 10.2. The van der Waals surface area contributed by atoms with Gasteiger partial charge in [0, 0.05) is 0 Å². The molecule has 0 aliphatic carbocycles. The fourth-order valence-electron chi connectivity index (χ4n) is 1.19. The van der Waals surface area contributed by atoms with Gasteiger partial charge in [0.05, 0.1) is 26.7 Å². The lowest BCUT2D eigenvalue weighted by atomic mass is 10.4. The second-order valence-corrected chi connectivity index (χ2v) is 9.14. The molecule has 0 saturated heterocycles. The summed E-state index contributed by atoms with van der Waals surface area (Å²) in [6.45, 7) is 10.5. The van der Waals surface area contributed by atoms with E-state index in [0.717, 1.165) is 0 Å². The number of quaternary nitrogens is 1. The van der Waals surface area contributed by atoms with E-state index in [1.807, 2.05) is 0 Å². The summed E-state index contributed by atoms with van der Waals surface area (Å²) in [5, 5.41) is -14.0. The molecule has 0 radical (unpaired) electrons. The van der Waals surface area contributed by atoms with Gasteiger partial charge in [-0.1, -0.05) is 0 Å². The fraction of sp³-hybridized carbons (Fsp3) is 1.00. The van der Waals surface area contributed by atoms with Gasteiger partial charge < -0.3 is 8.61 Å². The number of halogens is 10. The Labute approximate surface area is 160 Å². The molecule has 0 N–H and O–H groups in total. The largest absolute Gasteiger partial charge is 0.467 e. The third kappa shape index (κ3) is 6.81. The molecule has 0 spiro atoms. The zero-order valence-corrected chi connectivity index (χ0v) is 16.9. The van der Waals surface area contributed by atoms with E-state index in [0.29, 0.717) is 4.13 Å². The zero-order chi connectivity index (χ0) is 24.3. The Morgan fingerprint density at radius 2 is 0.828 bits per heavy atom. The molecule has 0 unspecified atom stereocenters. The molecule has 0 heterocycles. The van der Waals surface area contributed by atoms with Gasteiger partial charge in [-0.25, -0.2) is 16.8 Å². The highest BCUT2D eigenvalue weighted by Gasteiger charge is 2.68. The molecule has 18 heteroatoms. The maximum atomic E-state index is 12.3. The van der Waals surface area contributed by atoms with Crippen LogP contribution in [0.5, 0.6) is 0 Å². The number of sulfonamides is 2. The van der Waals surface area contributed by atoms with E-state index in [9.17, 15) is 60.7 Å². The van der Waals surface area contributed by atoms with Gasteiger partial charge in [0.2, 0.25) is 0 Å². The lowest BCUT2D eigenvalue weighted by Gasteiger charge is -2.31. The van der Waals surface area contributed by atoms with Crippen LogP contribution >= 0.6 is 0 Å². The van der Waals surface area contributed by atoms with Crippen molar-refractivity contribution in [2.45, 2.75) is 43.6 Å². The summed E-state index contributed by atoms with van der Waals surface area (Å²) in [5.74, 6) is 0. The SMILES string of the molecule is CC[N+](C)(CC)CC.O=S(=O)([N-]S(=O)(=O)C(F)(F)C(F)(F)F)C(F)(F)C(F)(F)F. The van der Waals surface area contributed by atoms with Crippen molar-refractivity contribution >= 4 is 20.0 Å². The van der Waals surface area contributed by atoms with Crippen LogP contribution in [0.25, 0.3) is 4.13 Å². The predicted octanol–water partition coefficient (Wildman–Crippen LogP) is 3.82. The Kier molecular flexibility index (Phi) is 9.50. The maximum absolute atomic E-state index is 12.3. The minimum Gasteiger partial charge on any atom is -0.425 e. The van der Waals surface area contributed by atoms with Crippen molar-refractivity contribution < 1.29 is 65.2 Å². The van der Waals surface area contributed by atoms with Crippen LogP contribution in [-0.2, 0) is 20.0 Å². The minimum absolute atomic E-state index is 0.422. The van der Waals surface area contributed by atoms with Gasteiger partial charge >= 0.3 is 22.9 Å². The van der Waals surface area contributed by atoms with Gasteiger partial charge in [-0.05, 0) is 20.8 Å². The van der Waals surface area contributed by atoms with Crippen LogP contribution in [0.3, 0.4) is 0 Å². The molecule has 0 aliphatic rings. The monoisotopic (exact) mass is 496 g/mol. The minimum atomic E-state index is -7.62. The summed E-state index contributed by atoms with van der Waals surface area (Å²) in [7, 11) is -12.9. The highest BCUT2D eigenvalue weighted by Crippen LogP contribution is 2.47. The average Bonchev–Trinajstić information content (AvgIpc) is 2.51. The molecule has 0 fully saturated rings. The molecule has 0 aliphatic heterocycles. The van der Waals surface area contributed by atoms with E-state index in [-0.39, 0.29) is 0 Å². The van der Waals surface area contributed by atoms with Crippen molar-refractivity contribution in [2.24, 2.45) is 0 Å². The predicted molar refractivity (Wildman–Crippen MR) is 81.0 cm³/mol. The lowest BCUT2D eigenvalue weighted by molar-refractivity contribution is -0.904. The molecule has 6 nitrogen and oxygen atoms in total. The number of alkyl halides is 10. The molecular formula is C11H18F10N2O4S2. The first-order valence-electron chi connectivity index (χ1n) is 7.35. The van der Waals surface area contributed by atoms with Gasteiger partial charge in [0.1, 0.15) is 0 Å². The van der Waals surface area contributed by atoms with Gasteiger partial charge in [-0.3, -0.25) is 0 Å². The van der Waals surface area contributed by atoms with E-state index in [1.54, 1.807) is 0 Å². The normalized spacial score (nSPS) is 15.0. The second-order valence-electron chi connectivity index (χ2n) is 5.62. The summed E-state index contributed by atoms with van der Waals surface area (Å²) in [6, 6.07) is 0. The number of nitrogens with zero attached hydrogens (tertiary/aromatic N) is 2. The molecule has 29 heavy (non-hydrogen) atoms. The smallest absolute Gasteiger partial charge is 0.425 e. The molecule has 0 atom stereocenters. The Bertz CT molecular complexity index is 678. The highest BCUT2D eigenvalue weighted by molar-refractivity contribution is 8.13. The van der Waals surface area contributed by atoms with E-state index >= 15 is 0 Å². The maximum Gasteiger partial charge on any atom is 0.467 e. The first kappa shape index (κ1) is 30.3. The van der Waals surface area contributed by atoms with Crippen molar-refractivity contribution in [1.29, 1.82) is 0 Å². The van der Waals surface area contributed by atoms with E-state index in [4.69, 9.17) is 0 Å². The number of rotatable bonds is 7. The molecule has 178 valence electrons. The van der Waals surface area contributed by atoms with Crippen molar-refractivity contribution in [3.8, 4) is 0 Å². The van der Waals surface area contributed by atoms with Crippen LogP contribution in [0.15, 0.2) is 0 Å². The molecule has 0 saturated carbocycles. The van der Waals surface area contributed by atoms with Crippen molar-refractivity contribution in [1.82, 2.24) is 0 Å². The topological polar surface area (TPSA) is 82.4 Å². The third-order valence-corrected chi connectivity index (χ3v) is 7.12. The highest BCUT2D eigenvalue weighted by atomic mass is 32.3. The number of hydrogen-bond acceptors (Lipinski definition) is 4. The Morgan fingerprint density at radius 3 is 0.931 bits per heavy atom. The van der Waals surface area contributed by atoms with Crippen molar-refractivity contribution in [2.75, 3.05) is 26.7 Å². The van der Waals surface area contributed by atoms with Crippen molar-refractivity contribution in [3.05, 3.63) is 4.13 Å². The van der Waals surface area contributed by atoms with Crippen LogP contribution in [0.2, 0.25) is 0 Å². The van der Waals surface area contributed by atoms with Crippen LogP contribution < -0.4 is 0 Å². The lowest BCUT2D eigenvalue weighted by Crippen LogP contribution is -2.48. The third-order valence-electron chi connectivity index (χ3n) is 3.79. The van der Waals surface area contributed by atoms with E-state index in [2.05, 4.69) is 27.8 Å². The Morgan fingerprint density at radius 1 is 0.621 bits per heavy atom. The molecule has 0 rings (SSSR count). The summed E-state index contributed by atoms with van der Waals surface area (Å²) in [6.07, 6.45) is -14.0. The van der Waals surface area contributed by atoms with E-state index < -0.39 is 42.9 Å². The van der Waals surface area contributed by atoms with Gasteiger partial charge in [-0.2, -0.15) is 43.9 Å². The fourth-order valence-corrected chi connectivity index (χ4v) is 3.55. The standard InChI is InChI=1S/C7H18N.C4F10NO4S2/c1-5-8(4,6-2)7-3;5-1(6,7)3(11,12)20(16,17)15-21(18,19)4(13,14)2(8,9)10/h5-7H2,1-4H3;/q+1;-1. The van der Waals surface area contributed by atoms with Crippen LogP contribution in [0, 0.1) is 0 Å². The van der Waals surface area contributed by atoms with Gasteiger partial charge in [0.25, 0.3) is 0 Å². The van der Waals surface area contributed by atoms with Gasteiger partial charge in [-0.15, -0.1) is 0 Å². The quantitative estimate of drug-likeness (QED) is 0.397. The summed E-state index contributed by atoms with van der Waals surface area (Å²) in [5.41, 5.74) is 0. The molecule has 0 amide bonds. The van der Waals surface area contributed by atoms with E-state index in [1.165, 1.54) is 24.1 Å². The molecule has 0 aromatic heterocycles. The molecule has 0 aromatic rings. The Hall–Kier alpha value is -0.880. The molecular weight excluding hydrogens is 478 g/mol. The summed E-state index contributed by atoms with van der Waals surface area (Å²) >= 11 is 0. The van der Waals surface area contributed by atoms with Crippen LogP contribution in [0.1, 0.15) is 20.8 Å². The zero-order valence-electron chi connectivity index (χ0n) is 15.2. The van der Waals surface area contributed by atoms with Crippen molar-refractivity contribution in [3.63, 3.8) is 0 Å². The second kappa shape index (κ2) is 9.09. The average molecular weight is 496 g/mol. The summed E-state index contributed by atoms with van der Waals surface area (Å²) < 4.78 is 162. The Balaban J connectivity index is 0. The molecule has 0 bridgehead atoms. The van der Waals surface area contributed by atoms with Crippen LogP contribution in [-0.4, -0.2) is 70.9 Å². The first-order chi connectivity index (χ1) is 12.4. The summed E-state index contributed by atoms with van der Waals surface area (Å²) in [4.78, 5) is 0. The molecule has 0 aromatic carbocycles. The number of hydrogen-bond donors (Lipinski definition) is 0. The van der Waals surface area contributed by atoms with Gasteiger partial charge in [0.15, 0.2) is 20.0 Å².